The molecule has 2 fully saturated rings. The zero-order valence-electron chi connectivity index (χ0n) is 21.3. The Labute approximate surface area is 213 Å². The third-order valence-corrected chi connectivity index (χ3v) is 7.23. The van der Waals surface area contributed by atoms with Crippen LogP contribution in [0.2, 0.25) is 0 Å². The fourth-order valence-electron chi connectivity index (χ4n) is 4.70. The Balaban J connectivity index is 1.30. The number of carbonyl (C=O) groups excluding carboxylic acids is 1. The fraction of sp³-hybridized carbons (Fsp3) is 0.433. The number of aromatic nitrogens is 2. The monoisotopic (exact) mass is 485 g/mol. The zero-order chi connectivity index (χ0) is 25.0. The van der Waals surface area contributed by atoms with Gasteiger partial charge < -0.3 is 14.8 Å². The van der Waals surface area contributed by atoms with E-state index in [1.165, 1.54) is 23.8 Å². The van der Waals surface area contributed by atoms with E-state index < -0.39 is 0 Å². The highest BCUT2D eigenvalue weighted by Gasteiger charge is 2.46. The summed E-state index contributed by atoms with van der Waals surface area (Å²) >= 11 is 0. The van der Waals surface area contributed by atoms with Gasteiger partial charge in [0.2, 0.25) is 0 Å². The molecule has 0 unspecified atom stereocenters. The van der Waals surface area contributed by atoms with Gasteiger partial charge in [-0.2, -0.15) is 0 Å². The average molecular weight is 486 g/mol. The summed E-state index contributed by atoms with van der Waals surface area (Å²) < 4.78 is 11.0. The van der Waals surface area contributed by atoms with E-state index in [1.54, 1.807) is 0 Å². The minimum absolute atomic E-state index is 0.0963. The molecule has 2 heterocycles. The number of carbonyl (C=O) groups is 1. The number of para-hydroxylation sites is 1. The number of hydrogen-bond donors (Lipinski definition) is 1. The number of hydrogen-bond acceptors (Lipinski definition) is 6. The molecule has 0 aliphatic heterocycles. The quantitative estimate of drug-likeness (QED) is 0.264. The van der Waals surface area contributed by atoms with E-state index in [-0.39, 0.29) is 11.5 Å². The van der Waals surface area contributed by atoms with Crippen molar-refractivity contribution in [2.45, 2.75) is 76.5 Å². The van der Waals surface area contributed by atoms with Crippen LogP contribution in [0.15, 0.2) is 54.9 Å². The molecule has 3 aromatic rings. The maximum absolute atomic E-state index is 11.3. The minimum atomic E-state index is -0.150. The number of pyridine rings is 2. The van der Waals surface area contributed by atoms with Crippen molar-refractivity contribution in [2.24, 2.45) is 0 Å². The zero-order valence-corrected chi connectivity index (χ0v) is 21.3. The molecule has 2 saturated carbocycles. The molecule has 6 nitrogen and oxygen atoms in total. The Kier molecular flexibility index (Phi) is 7.33. The van der Waals surface area contributed by atoms with Crippen molar-refractivity contribution in [1.29, 1.82) is 0 Å². The third kappa shape index (κ3) is 5.76. The smallest absolute Gasteiger partial charge is 0.305 e. The lowest BCUT2D eigenvalue weighted by molar-refractivity contribution is -0.140. The first-order valence-electron chi connectivity index (χ1n) is 13.1. The predicted octanol–water partition coefficient (Wildman–Crippen LogP) is 5.66. The van der Waals surface area contributed by atoms with Crippen LogP contribution in [0.1, 0.15) is 67.5 Å². The van der Waals surface area contributed by atoms with Crippen molar-refractivity contribution in [2.75, 3.05) is 7.11 Å². The second kappa shape index (κ2) is 10.8. The van der Waals surface area contributed by atoms with E-state index in [1.807, 2.05) is 18.5 Å². The molecule has 5 rings (SSSR count). The minimum Gasteiger partial charge on any atom is -0.490 e. The number of nitrogens with one attached hydrogen (secondary N) is 1. The van der Waals surface area contributed by atoms with Crippen molar-refractivity contribution in [1.82, 2.24) is 15.3 Å². The first-order valence-corrected chi connectivity index (χ1v) is 13.1. The average Bonchev–Trinajstić information content (AvgIpc) is 3.84. The van der Waals surface area contributed by atoms with E-state index in [0.717, 1.165) is 67.6 Å². The van der Waals surface area contributed by atoms with Crippen LogP contribution in [0.3, 0.4) is 0 Å². The predicted molar refractivity (Wildman–Crippen MR) is 140 cm³/mol. The summed E-state index contributed by atoms with van der Waals surface area (Å²) in [6.45, 7) is 2.82. The van der Waals surface area contributed by atoms with Crippen LogP contribution in [0, 0.1) is 6.92 Å². The number of rotatable bonds is 12. The Morgan fingerprint density at radius 1 is 1.08 bits per heavy atom. The molecule has 6 heteroatoms. The molecule has 188 valence electrons. The molecule has 0 saturated heterocycles. The van der Waals surface area contributed by atoms with Gasteiger partial charge in [-0.15, -0.1) is 0 Å². The molecular weight excluding hydrogens is 450 g/mol. The van der Waals surface area contributed by atoms with Crippen LogP contribution in [-0.2, 0) is 28.0 Å². The Morgan fingerprint density at radius 3 is 2.69 bits per heavy atom. The van der Waals surface area contributed by atoms with Gasteiger partial charge >= 0.3 is 5.97 Å². The Bertz CT molecular complexity index is 1220. The van der Waals surface area contributed by atoms with E-state index >= 15 is 0 Å². The van der Waals surface area contributed by atoms with Gasteiger partial charge in [0.25, 0.3) is 0 Å². The second-order valence-electron chi connectivity index (χ2n) is 10.0. The largest absolute Gasteiger partial charge is 0.490 e. The highest BCUT2D eigenvalue weighted by Crippen LogP contribution is 2.50. The van der Waals surface area contributed by atoms with Crippen LogP contribution >= 0.6 is 0 Å². The SMILES string of the molecule is COC(=O)CCCCc1ccc(C)c(CNC2(c3cnccc3-c3ccccc3OC3CC3)CC2)n1. The summed E-state index contributed by atoms with van der Waals surface area (Å²) in [6.07, 6.45) is 11.7. The van der Waals surface area contributed by atoms with Crippen LogP contribution in [0.25, 0.3) is 11.1 Å². The summed E-state index contributed by atoms with van der Waals surface area (Å²) in [5.74, 6) is 0.809. The number of ether oxygens (including phenoxy) is 2. The molecule has 36 heavy (non-hydrogen) atoms. The highest BCUT2D eigenvalue weighted by atomic mass is 16.5. The number of unbranched alkanes of at least 4 members (excludes halogenated alkanes) is 1. The first-order chi connectivity index (χ1) is 17.6. The van der Waals surface area contributed by atoms with Crippen molar-refractivity contribution >= 4 is 5.97 Å². The summed E-state index contributed by atoms with van der Waals surface area (Å²) in [5, 5.41) is 3.84. The van der Waals surface area contributed by atoms with Crippen LogP contribution in [-0.4, -0.2) is 29.2 Å². The molecular formula is C30H35N3O3. The lowest BCUT2D eigenvalue weighted by atomic mass is 9.94. The van der Waals surface area contributed by atoms with E-state index in [0.29, 0.717) is 19.1 Å². The van der Waals surface area contributed by atoms with Crippen molar-refractivity contribution in [3.8, 4) is 16.9 Å². The summed E-state index contributed by atoms with van der Waals surface area (Å²) in [6, 6.07) is 14.7. The normalized spacial score (nSPS) is 15.9. The maximum atomic E-state index is 11.3. The summed E-state index contributed by atoms with van der Waals surface area (Å²) in [7, 11) is 1.44. The second-order valence-corrected chi connectivity index (χ2v) is 10.0. The van der Waals surface area contributed by atoms with Gasteiger partial charge in [0.05, 0.1) is 18.9 Å². The molecule has 0 atom stereocenters. The van der Waals surface area contributed by atoms with E-state index in [9.17, 15) is 4.79 Å². The van der Waals surface area contributed by atoms with Gasteiger partial charge in [-0.3, -0.25) is 14.8 Å². The van der Waals surface area contributed by atoms with E-state index in [2.05, 4.69) is 53.6 Å². The number of nitrogens with zero attached hydrogens (tertiary/aromatic N) is 2. The molecule has 1 N–H and O–H groups in total. The van der Waals surface area contributed by atoms with Crippen LogP contribution in [0.4, 0.5) is 0 Å². The molecule has 0 bridgehead atoms. The van der Waals surface area contributed by atoms with Gasteiger partial charge in [-0.25, -0.2) is 0 Å². The topological polar surface area (TPSA) is 73.3 Å². The Hall–Kier alpha value is -3.25. The van der Waals surface area contributed by atoms with Gasteiger partial charge in [-0.05, 0) is 86.8 Å². The molecule has 0 radical (unpaired) electrons. The van der Waals surface area contributed by atoms with Crippen LogP contribution in [0.5, 0.6) is 5.75 Å². The number of aryl methyl sites for hydroxylation is 2. The summed E-state index contributed by atoms with van der Waals surface area (Å²) in [5.41, 5.74) is 6.80. The molecule has 2 aliphatic rings. The molecule has 2 aromatic heterocycles. The maximum Gasteiger partial charge on any atom is 0.305 e. The standard InChI is InChI=1S/C30H35N3O3/c1-21-11-12-22(7-3-6-10-29(34)35-2)33-27(21)20-32-30(16-17-30)26-19-31-18-15-24(26)25-8-4-5-9-28(25)36-23-13-14-23/h4-5,8-9,11-12,15,18-19,23,32H,3,6-7,10,13-14,16-17,20H2,1-2H3. The highest BCUT2D eigenvalue weighted by molar-refractivity contribution is 5.74. The number of benzene rings is 1. The van der Waals surface area contributed by atoms with E-state index in [4.69, 9.17) is 14.5 Å². The first kappa shape index (κ1) is 24.4. The van der Waals surface area contributed by atoms with Crippen molar-refractivity contribution in [3.05, 3.63) is 77.4 Å². The van der Waals surface area contributed by atoms with Gasteiger partial charge in [-0.1, -0.05) is 24.3 Å². The number of methoxy groups -OCH3 is 1. The van der Waals surface area contributed by atoms with Gasteiger partial charge in [0.1, 0.15) is 5.75 Å². The molecule has 0 spiro atoms. The van der Waals surface area contributed by atoms with Gasteiger partial charge in [0, 0.05) is 42.2 Å². The summed E-state index contributed by atoms with van der Waals surface area (Å²) in [4.78, 5) is 20.8. The molecule has 0 amide bonds. The third-order valence-electron chi connectivity index (χ3n) is 7.23. The van der Waals surface area contributed by atoms with Crippen molar-refractivity contribution in [3.63, 3.8) is 0 Å². The lowest BCUT2D eigenvalue weighted by Gasteiger charge is -2.22. The van der Waals surface area contributed by atoms with Gasteiger partial charge in [0.15, 0.2) is 0 Å². The molecule has 1 aromatic carbocycles. The fourth-order valence-corrected chi connectivity index (χ4v) is 4.70. The molecule has 2 aliphatic carbocycles. The number of esters is 1. The Morgan fingerprint density at radius 2 is 1.92 bits per heavy atom. The van der Waals surface area contributed by atoms with Crippen LogP contribution < -0.4 is 10.1 Å². The lowest BCUT2D eigenvalue weighted by Crippen LogP contribution is -2.30. The van der Waals surface area contributed by atoms with Crippen molar-refractivity contribution < 1.29 is 14.3 Å².